The van der Waals surface area contributed by atoms with Gasteiger partial charge in [-0.2, -0.15) is 0 Å². The number of anilines is 1. The molecule has 1 aromatic heterocycles. The summed E-state index contributed by atoms with van der Waals surface area (Å²) >= 11 is 1.45. The van der Waals surface area contributed by atoms with E-state index in [4.69, 9.17) is 15.2 Å². The molecule has 0 aliphatic heterocycles. The lowest BCUT2D eigenvalue weighted by atomic mass is 9.95. The van der Waals surface area contributed by atoms with Crippen molar-refractivity contribution in [3.8, 4) is 5.75 Å². The Morgan fingerprint density at radius 3 is 2.73 bits per heavy atom. The zero-order chi connectivity index (χ0) is 18.5. The third kappa shape index (κ3) is 3.89. The highest BCUT2D eigenvalue weighted by Crippen LogP contribution is 2.38. The second-order valence-corrected chi connectivity index (χ2v) is 7.18. The number of benzene rings is 1. The Labute approximate surface area is 156 Å². The summed E-state index contributed by atoms with van der Waals surface area (Å²) in [4.78, 5) is 25.9. The summed E-state index contributed by atoms with van der Waals surface area (Å²) in [6, 6.07) is 7.00. The number of fused-ring (bicyclic) bond motifs is 1. The van der Waals surface area contributed by atoms with Crippen LogP contribution in [0.4, 0.5) is 5.00 Å². The molecule has 7 heteroatoms. The summed E-state index contributed by atoms with van der Waals surface area (Å²) in [6.45, 7) is 0.778. The number of thiophene rings is 1. The van der Waals surface area contributed by atoms with Crippen LogP contribution in [0.25, 0.3) is 0 Å². The number of primary amides is 1. The first-order chi connectivity index (χ1) is 12.6. The first-order valence-corrected chi connectivity index (χ1v) is 9.40. The van der Waals surface area contributed by atoms with E-state index in [9.17, 15) is 9.59 Å². The predicted molar refractivity (Wildman–Crippen MR) is 101 cm³/mol. The average molecular weight is 374 g/mol. The van der Waals surface area contributed by atoms with Crippen LogP contribution in [-0.4, -0.2) is 32.1 Å². The molecule has 3 N–H and O–H groups in total. The highest BCUT2D eigenvalue weighted by molar-refractivity contribution is 7.17. The molecule has 6 nitrogen and oxygen atoms in total. The number of hydrogen-bond acceptors (Lipinski definition) is 5. The molecule has 138 valence electrons. The summed E-state index contributed by atoms with van der Waals surface area (Å²) in [5, 5.41) is 3.39. The molecule has 1 aliphatic rings. The first kappa shape index (κ1) is 18.4. The summed E-state index contributed by atoms with van der Waals surface area (Å²) in [7, 11) is 1.59. The number of aryl methyl sites for hydroxylation is 1. The van der Waals surface area contributed by atoms with Gasteiger partial charge in [-0.3, -0.25) is 9.59 Å². The van der Waals surface area contributed by atoms with E-state index >= 15 is 0 Å². The molecule has 26 heavy (non-hydrogen) atoms. The highest BCUT2D eigenvalue weighted by atomic mass is 32.1. The number of amides is 2. The normalized spacial score (nSPS) is 13.1. The van der Waals surface area contributed by atoms with E-state index in [-0.39, 0.29) is 5.91 Å². The van der Waals surface area contributed by atoms with Gasteiger partial charge in [0.15, 0.2) is 0 Å². The van der Waals surface area contributed by atoms with Gasteiger partial charge in [0.1, 0.15) is 17.4 Å². The van der Waals surface area contributed by atoms with Crippen LogP contribution in [0.3, 0.4) is 0 Å². The molecule has 1 heterocycles. The topological polar surface area (TPSA) is 90.7 Å². The zero-order valence-corrected chi connectivity index (χ0v) is 15.5. The molecule has 1 aromatic carbocycles. The van der Waals surface area contributed by atoms with Gasteiger partial charge >= 0.3 is 0 Å². The third-order valence-electron chi connectivity index (χ3n) is 4.32. The van der Waals surface area contributed by atoms with Crippen molar-refractivity contribution in [2.45, 2.75) is 25.7 Å². The maximum Gasteiger partial charge on any atom is 0.260 e. The molecular formula is C19H22N2O4S. The van der Waals surface area contributed by atoms with Crippen molar-refractivity contribution in [2.75, 3.05) is 25.6 Å². The number of hydrogen-bond donors (Lipinski definition) is 2. The minimum absolute atomic E-state index is 0.320. The Bertz CT molecular complexity index is 816. The second kappa shape index (κ2) is 8.33. The SMILES string of the molecule is COCCOc1ccccc1C(=O)Nc1sc2c(c1C(N)=O)CCCC2. The zero-order valence-electron chi connectivity index (χ0n) is 14.7. The molecule has 0 radical (unpaired) electrons. The Hall–Kier alpha value is -2.38. The van der Waals surface area contributed by atoms with Crippen LogP contribution in [0.2, 0.25) is 0 Å². The lowest BCUT2D eigenvalue weighted by molar-refractivity contribution is 0.100. The number of carbonyl (C=O) groups excluding carboxylic acids is 2. The van der Waals surface area contributed by atoms with Gasteiger partial charge in [0.2, 0.25) is 0 Å². The number of para-hydroxylation sites is 1. The van der Waals surface area contributed by atoms with Crippen molar-refractivity contribution in [3.05, 3.63) is 45.8 Å². The van der Waals surface area contributed by atoms with Gasteiger partial charge in [-0.1, -0.05) is 12.1 Å². The number of rotatable bonds is 7. The predicted octanol–water partition coefficient (Wildman–Crippen LogP) is 3.00. The molecule has 3 rings (SSSR count). The maximum atomic E-state index is 12.8. The van der Waals surface area contributed by atoms with Crippen molar-refractivity contribution < 1.29 is 19.1 Å². The van der Waals surface area contributed by atoms with Crippen molar-refractivity contribution in [1.29, 1.82) is 0 Å². The monoisotopic (exact) mass is 374 g/mol. The van der Waals surface area contributed by atoms with E-state index in [2.05, 4.69) is 5.32 Å². The van der Waals surface area contributed by atoms with Crippen LogP contribution in [-0.2, 0) is 17.6 Å². The Kier molecular flexibility index (Phi) is 5.90. The second-order valence-electron chi connectivity index (χ2n) is 6.07. The number of ether oxygens (including phenoxy) is 2. The Morgan fingerprint density at radius 1 is 1.19 bits per heavy atom. The number of nitrogens with one attached hydrogen (secondary N) is 1. The van der Waals surface area contributed by atoms with E-state index < -0.39 is 5.91 Å². The van der Waals surface area contributed by atoms with Gasteiger partial charge in [-0.15, -0.1) is 11.3 Å². The molecule has 0 fully saturated rings. The van der Waals surface area contributed by atoms with E-state index in [0.29, 0.717) is 35.1 Å². The van der Waals surface area contributed by atoms with Crippen LogP contribution >= 0.6 is 11.3 Å². The van der Waals surface area contributed by atoms with Gasteiger partial charge in [0.25, 0.3) is 11.8 Å². The molecule has 0 saturated carbocycles. The molecule has 0 spiro atoms. The van der Waals surface area contributed by atoms with E-state index in [1.807, 2.05) is 0 Å². The molecule has 0 unspecified atom stereocenters. The third-order valence-corrected chi connectivity index (χ3v) is 5.53. The quantitative estimate of drug-likeness (QED) is 0.729. The number of carbonyl (C=O) groups is 2. The van der Waals surface area contributed by atoms with Crippen molar-refractivity contribution in [1.82, 2.24) is 0 Å². The van der Waals surface area contributed by atoms with Crippen LogP contribution in [0.5, 0.6) is 5.75 Å². The van der Waals surface area contributed by atoms with Crippen molar-refractivity contribution in [2.24, 2.45) is 5.73 Å². The van der Waals surface area contributed by atoms with Crippen molar-refractivity contribution in [3.63, 3.8) is 0 Å². The molecule has 0 bridgehead atoms. The smallest absolute Gasteiger partial charge is 0.260 e. The Morgan fingerprint density at radius 2 is 1.96 bits per heavy atom. The summed E-state index contributed by atoms with van der Waals surface area (Å²) in [5.41, 5.74) is 7.44. The van der Waals surface area contributed by atoms with Gasteiger partial charge in [0.05, 0.1) is 17.7 Å². The fourth-order valence-corrected chi connectivity index (χ4v) is 4.39. The molecule has 2 aromatic rings. The summed E-state index contributed by atoms with van der Waals surface area (Å²) in [6.07, 6.45) is 3.88. The highest BCUT2D eigenvalue weighted by Gasteiger charge is 2.25. The molecule has 0 saturated heterocycles. The van der Waals surface area contributed by atoms with E-state index in [0.717, 1.165) is 36.1 Å². The Balaban J connectivity index is 1.85. The first-order valence-electron chi connectivity index (χ1n) is 8.58. The molecule has 2 amide bonds. The average Bonchev–Trinajstić information content (AvgIpc) is 3.00. The van der Waals surface area contributed by atoms with Gasteiger partial charge < -0.3 is 20.5 Å². The van der Waals surface area contributed by atoms with Crippen LogP contribution in [0, 0.1) is 0 Å². The van der Waals surface area contributed by atoms with Gasteiger partial charge in [0, 0.05) is 12.0 Å². The summed E-state index contributed by atoms with van der Waals surface area (Å²) in [5.74, 6) is -0.340. The molecule has 1 aliphatic carbocycles. The van der Waals surface area contributed by atoms with Gasteiger partial charge in [-0.25, -0.2) is 0 Å². The lowest BCUT2D eigenvalue weighted by Crippen LogP contribution is -2.19. The minimum Gasteiger partial charge on any atom is -0.490 e. The number of methoxy groups -OCH3 is 1. The largest absolute Gasteiger partial charge is 0.490 e. The van der Waals surface area contributed by atoms with E-state index in [1.54, 1.807) is 31.4 Å². The van der Waals surface area contributed by atoms with Crippen LogP contribution in [0.15, 0.2) is 24.3 Å². The lowest BCUT2D eigenvalue weighted by Gasteiger charge is -2.12. The maximum absolute atomic E-state index is 12.8. The fraction of sp³-hybridized carbons (Fsp3) is 0.368. The number of nitrogens with two attached hydrogens (primary N) is 1. The van der Waals surface area contributed by atoms with Crippen LogP contribution < -0.4 is 15.8 Å². The van der Waals surface area contributed by atoms with Gasteiger partial charge in [-0.05, 0) is 43.4 Å². The van der Waals surface area contributed by atoms with E-state index in [1.165, 1.54) is 11.3 Å². The minimum atomic E-state index is -0.496. The molecular weight excluding hydrogens is 352 g/mol. The summed E-state index contributed by atoms with van der Waals surface area (Å²) < 4.78 is 10.6. The molecule has 0 atom stereocenters. The standard InChI is InChI=1S/C19H22N2O4S/c1-24-10-11-25-14-8-4-2-6-12(14)18(23)21-19-16(17(20)22)13-7-3-5-9-15(13)26-19/h2,4,6,8H,3,5,7,9-11H2,1H3,(H2,20,22)(H,21,23). The van der Waals surface area contributed by atoms with Crippen LogP contribution in [0.1, 0.15) is 44.0 Å². The fourth-order valence-electron chi connectivity index (χ4n) is 3.10. The van der Waals surface area contributed by atoms with Crippen molar-refractivity contribution >= 4 is 28.2 Å².